The Morgan fingerprint density at radius 3 is 2.58 bits per heavy atom. The van der Waals surface area contributed by atoms with Gasteiger partial charge in [0.25, 0.3) is 5.88 Å². The van der Waals surface area contributed by atoms with Gasteiger partial charge in [-0.3, -0.25) is 0 Å². The zero-order chi connectivity index (χ0) is 13.2. The number of nitrogens with zero attached hydrogens (tertiary/aromatic N) is 3. The molecule has 100 valence electrons. The number of hydrogen-bond acceptors (Lipinski definition) is 5. The van der Waals surface area contributed by atoms with E-state index in [-0.39, 0.29) is 6.61 Å². The molecule has 1 aliphatic heterocycles. The maximum absolute atomic E-state index is 9.10. The van der Waals surface area contributed by atoms with E-state index in [0.717, 1.165) is 29.9 Å². The Morgan fingerprint density at radius 2 is 1.95 bits per heavy atom. The number of anilines is 1. The highest BCUT2D eigenvalue weighted by molar-refractivity contribution is 5.77. The Kier molecular flexibility index (Phi) is 3.21. The molecular weight excluding hydrogens is 242 g/mol. The van der Waals surface area contributed by atoms with E-state index in [1.165, 1.54) is 0 Å². The minimum atomic E-state index is 0.224. The second-order valence-electron chi connectivity index (χ2n) is 4.73. The Hall–Kier alpha value is -1.88. The summed E-state index contributed by atoms with van der Waals surface area (Å²) < 4.78 is 5.59. The lowest BCUT2D eigenvalue weighted by molar-refractivity contribution is 0.199. The van der Waals surface area contributed by atoms with Crippen molar-refractivity contribution in [1.29, 1.82) is 0 Å². The smallest absolute Gasteiger partial charge is 0.258 e. The summed E-state index contributed by atoms with van der Waals surface area (Å²) >= 11 is 0. The molecule has 5 nitrogen and oxygen atoms in total. The lowest BCUT2D eigenvalue weighted by Crippen LogP contribution is -2.49. The van der Waals surface area contributed by atoms with Gasteiger partial charge in [0.1, 0.15) is 0 Å². The van der Waals surface area contributed by atoms with Crippen LogP contribution in [0.3, 0.4) is 0 Å². The highest BCUT2D eigenvalue weighted by Gasteiger charge is 2.30. The molecule has 0 radical (unpaired) electrons. The molecule has 0 unspecified atom stereocenters. The maximum atomic E-state index is 9.10. The summed E-state index contributed by atoms with van der Waals surface area (Å²) in [5.74, 6) is 1.70. The van der Waals surface area contributed by atoms with Crippen molar-refractivity contribution in [2.45, 2.75) is 6.92 Å². The quantitative estimate of drug-likeness (QED) is 0.900. The second kappa shape index (κ2) is 5.01. The third-order valence-electron chi connectivity index (χ3n) is 3.32. The van der Waals surface area contributed by atoms with Gasteiger partial charge in [-0.15, -0.1) is 0 Å². The van der Waals surface area contributed by atoms with Crippen LogP contribution in [-0.4, -0.2) is 41.4 Å². The van der Waals surface area contributed by atoms with Crippen LogP contribution in [-0.2, 0) is 0 Å². The minimum absolute atomic E-state index is 0.224. The van der Waals surface area contributed by atoms with Crippen LogP contribution in [0.4, 0.5) is 5.82 Å². The van der Waals surface area contributed by atoms with Crippen molar-refractivity contribution < 1.29 is 9.84 Å². The van der Waals surface area contributed by atoms with Gasteiger partial charge < -0.3 is 14.7 Å². The van der Waals surface area contributed by atoms with E-state index in [1.807, 2.05) is 31.2 Å². The molecule has 0 spiro atoms. The van der Waals surface area contributed by atoms with Crippen molar-refractivity contribution in [1.82, 2.24) is 9.97 Å². The number of fused-ring (bicyclic) bond motifs is 1. The highest BCUT2D eigenvalue weighted by Crippen LogP contribution is 2.31. The highest BCUT2D eigenvalue weighted by atomic mass is 16.5. The summed E-state index contributed by atoms with van der Waals surface area (Å²) in [6.45, 7) is 4.35. The van der Waals surface area contributed by atoms with Crippen LogP contribution in [0.1, 0.15) is 6.92 Å². The summed E-state index contributed by atoms with van der Waals surface area (Å²) in [6, 6.07) is 7.78. The Bertz CT molecular complexity index is 582. The third-order valence-corrected chi connectivity index (χ3v) is 3.32. The standard InChI is InChI=1S/C14H17N3O2/c1-2-19-14-13(17-7-10(8-17)9-18)15-11-5-3-4-6-12(11)16-14/h3-6,10,18H,2,7-9H2,1H3. The molecule has 1 fully saturated rings. The lowest BCUT2D eigenvalue weighted by atomic mass is 10.0. The summed E-state index contributed by atoms with van der Waals surface area (Å²) in [7, 11) is 0. The van der Waals surface area contributed by atoms with Crippen LogP contribution in [0, 0.1) is 5.92 Å². The molecule has 2 aromatic rings. The molecule has 0 amide bonds. The number of rotatable bonds is 4. The van der Waals surface area contributed by atoms with Crippen molar-refractivity contribution >= 4 is 16.9 Å². The van der Waals surface area contributed by atoms with Crippen molar-refractivity contribution in [2.24, 2.45) is 5.92 Å². The minimum Gasteiger partial charge on any atom is -0.475 e. The molecule has 2 heterocycles. The second-order valence-corrected chi connectivity index (χ2v) is 4.73. The van der Waals surface area contributed by atoms with E-state index in [0.29, 0.717) is 18.4 Å². The van der Waals surface area contributed by atoms with E-state index < -0.39 is 0 Å². The molecule has 1 N–H and O–H groups in total. The van der Waals surface area contributed by atoms with Crippen LogP contribution in [0.25, 0.3) is 11.0 Å². The van der Waals surface area contributed by atoms with Gasteiger partial charge in [0.05, 0.1) is 17.6 Å². The SMILES string of the molecule is CCOc1nc2ccccc2nc1N1CC(CO)C1. The van der Waals surface area contributed by atoms with Gasteiger partial charge in [0.15, 0.2) is 5.82 Å². The third kappa shape index (κ3) is 2.21. The average molecular weight is 259 g/mol. The number of hydrogen-bond donors (Lipinski definition) is 1. The monoisotopic (exact) mass is 259 g/mol. The molecule has 0 bridgehead atoms. The first-order valence-corrected chi connectivity index (χ1v) is 6.57. The molecule has 1 aliphatic rings. The van der Waals surface area contributed by atoms with Crippen molar-refractivity contribution in [2.75, 3.05) is 31.2 Å². The van der Waals surface area contributed by atoms with E-state index in [9.17, 15) is 0 Å². The first-order valence-electron chi connectivity index (χ1n) is 6.57. The number of ether oxygens (including phenoxy) is 1. The lowest BCUT2D eigenvalue weighted by Gasteiger charge is -2.39. The molecule has 3 rings (SSSR count). The van der Waals surface area contributed by atoms with Crippen LogP contribution in [0.2, 0.25) is 0 Å². The molecule has 1 aromatic heterocycles. The van der Waals surface area contributed by atoms with E-state index >= 15 is 0 Å². The first kappa shape index (κ1) is 12.2. The van der Waals surface area contributed by atoms with Crippen LogP contribution in [0.5, 0.6) is 5.88 Å². The summed E-state index contributed by atoms with van der Waals surface area (Å²) in [5.41, 5.74) is 1.71. The molecule has 19 heavy (non-hydrogen) atoms. The van der Waals surface area contributed by atoms with E-state index in [1.54, 1.807) is 0 Å². The fourth-order valence-corrected chi connectivity index (χ4v) is 2.27. The van der Waals surface area contributed by atoms with Gasteiger partial charge in [0, 0.05) is 25.6 Å². The van der Waals surface area contributed by atoms with Gasteiger partial charge in [-0.2, -0.15) is 0 Å². The number of aromatic nitrogens is 2. The molecule has 0 saturated carbocycles. The fourth-order valence-electron chi connectivity index (χ4n) is 2.27. The molecular formula is C14H17N3O2. The Balaban J connectivity index is 1.98. The number of aliphatic hydroxyl groups excluding tert-OH is 1. The number of benzene rings is 1. The van der Waals surface area contributed by atoms with Crippen molar-refractivity contribution in [3.05, 3.63) is 24.3 Å². The molecule has 1 aromatic carbocycles. The van der Waals surface area contributed by atoms with Gasteiger partial charge in [-0.25, -0.2) is 9.97 Å². The largest absolute Gasteiger partial charge is 0.475 e. The zero-order valence-corrected chi connectivity index (χ0v) is 10.9. The van der Waals surface area contributed by atoms with Gasteiger partial charge in [-0.05, 0) is 19.1 Å². The fraction of sp³-hybridized carbons (Fsp3) is 0.429. The molecule has 5 heteroatoms. The average Bonchev–Trinajstić information content (AvgIpc) is 2.38. The van der Waals surface area contributed by atoms with Crippen molar-refractivity contribution in [3.63, 3.8) is 0 Å². The molecule has 0 atom stereocenters. The van der Waals surface area contributed by atoms with Gasteiger partial charge in [-0.1, -0.05) is 12.1 Å². The van der Waals surface area contributed by atoms with E-state index in [2.05, 4.69) is 14.9 Å². The zero-order valence-electron chi connectivity index (χ0n) is 10.9. The first-order chi connectivity index (χ1) is 9.31. The van der Waals surface area contributed by atoms with Crippen molar-refractivity contribution in [3.8, 4) is 5.88 Å². The van der Waals surface area contributed by atoms with Gasteiger partial charge in [0.2, 0.25) is 0 Å². The summed E-state index contributed by atoms with van der Waals surface area (Å²) in [6.07, 6.45) is 0. The topological polar surface area (TPSA) is 58.5 Å². The molecule has 1 saturated heterocycles. The molecule has 0 aliphatic carbocycles. The summed E-state index contributed by atoms with van der Waals surface area (Å²) in [4.78, 5) is 11.3. The van der Waals surface area contributed by atoms with Crippen LogP contribution < -0.4 is 9.64 Å². The predicted octanol–water partition coefficient (Wildman–Crippen LogP) is 1.46. The summed E-state index contributed by atoms with van der Waals surface area (Å²) in [5, 5.41) is 9.10. The Morgan fingerprint density at radius 1 is 1.26 bits per heavy atom. The van der Waals surface area contributed by atoms with Crippen LogP contribution >= 0.6 is 0 Å². The Labute approximate surface area is 111 Å². The van der Waals surface area contributed by atoms with Gasteiger partial charge >= 0.3 is 0 Å². The number of aliphatic hydroxyl groups is 1. The predicted molar refractivity (Wildman–Crippen MR) is 73.5 cm³/mol. The van der Waals surface area contributed by atoms with Crippen LogP contribution in [0.15, 0.2) is 24.3 Å². The normalized spacial score (nSPS) is 15.6. The number of para-hydroxylation sites is 2. The van der Waals surface area contributed by atoms with E-state index in [4.69, 9.17) is 9.84 Å². The maximum Gasteiger partial charge on any atom is 0.258 e.